The minimum absolute atomic E-state index is 0.212. The van der Waals surface area contributed by atoms with Crippen molar-refractivity contribution in [1.82, 2.24) is 0 Å². The summed E-state index contributed by atoms with van der Waals surface area (Å²) < 4.78 is 5.34. The predicted molar refractivity (Wildman–Crippen MR) is 112 cm³/mol. The van der Waals surface area contributed by atoms with Gasteiger partial charge in [-0.2, -0.15) is 0 Å². The number of methoxy groups -OCH3 is 1. The van der Waals surface area contributed by atoms with E-state index < -0.39 is 5.91 Å². The van der Waals surface area contributed by atoms with Gasteiger partial charge in [-0.3, -0.25) is 10.2 Å². The Bertz CT molecular complexity index is 1010. The Morgan fingerprint density at radius 2 is 1.85 bits per heavy atom. The topological polar surface area (TPSA) is 62.2 Å². The van der Waals surface area contributed by atoms with E-state index in [-0.39, 0.29) is 21.3 Å². The number of nitrogens with one attached hydrogen (secondary N) is 2. The van der Waals surface area contributed by atoms with Crippen LogP contribution in [-0.2, 0) is 0 Å². The number of carbonyl (C=O) groups is 1. The summed E-state index contributed by atoms with van der Waals surface area (Å²) in [5.74, 6) is 0.296. The molecule has 27 heavy (non-hydrogen) atoms. The van der Waals surface area contributed by atoms with E-state index in [0.717, 1.165) is 5.56 Å². The largest absolute Gasteiger partial charge is 0.496 e. The van der Waals surface area contributed by atoms with Crippen molar-refractivity contribution in [2.24, 2.45) is 0 Å². The van der Waals surface area contributed by atoms with E-state index in [0.29, 0.717) is 21.9 Å². The van der Waals surface area contributed by atoms with Crippen LogP contribution in [0.5, 0.6) is 5.75 Å². The summed E-state index contributed by atoms with van der Waals surface area (Å²) in [6.07, 6.45) is 0. The Hall–Kier alpha value is -2.34. The van der Waals surface area contributed by atoms with E-state index in [9.17, 15) is 4.79 Å². The van der Waals surface area contributed by atoms with Crippen LogP contribution in [-0.4, -0.2) is 18.7 Å². The number of ether oxygens (including phenoxy) is 1. The van der Waals surface area contributed by atoms with Crippen LogP contribution >= 0.6 is 34.5 Å². The summed E-state index contributed by atoms with van der Waals surface area (Å²) in [6, 6.07) is 12.3. The minimum Gasteiger partial charge on any atom is -0.496 e. The Kier molecular flexibility index (Phi) is 5.85. The number of hydrogen-bond acceptors (Lipinski definition) is 4. The van der Waals surface area contributed by atoms with Crippen LogP contribution in [0, 0.1) is 12.3 Å². The molecule has 0 saturated heterocycles. The van der Waals surface area contributed by atoms with Gasteiger partial charge in [-0.05, 0) is 42.1 Å². The third-order valence-corrected chi connectivity index (χ3v) is 5.51. The van der Waals surface area contributed by atoms with E-state index in [1.807, 2.05) is 30.5 Å². The molecule has 0 saturated carbocycles. The molecule has 1 heterocycles. The number of hydrogen-bond donors (Lipinski definition) is 2. The van der Waals surface area contributed by atoms with Gasteiger partial charge in [0.15, 0.2) is 0 Å². The molecule has 1 amide bonds. The molecule has 4 nitrogen and oxygen atoms in total. The predicted octanol–water partition coefficient (Wildman–Crippen LogP) is 6.04. The number of amides is 1. The first kappa shape index (κ1) is 19.4. The molecule has 2 N–H and O–H groups in total. The van der Waals surface area contributed by atoms with Gasteiger partial charge in [-0.1, -0.05) is 41.4 Å². The van der Waals surface area contributed by atoms with Gasteiger partial charge in [0, 0.05) is 11.1 Å². The molecule has 0 atom stereocenters. The van der Waals surface area contributed by atoms with Crippen molar-refractivity contribution in [2.45, 2.75) is 6.92 Å². The van der Waals surface area contributed by atoms with Crippen LogP contribution in [0.4, 0.5) is 5.00 Å². The molecular weight excluding hydrogens is 403 g/mol. The third kappa shape index (κ3) is 4.00. The first-order valence-corrected chi connectivity index (χ1v) is 9.62. The molecule has 0 bridgehead atoms. The highest BCUT2D eigenvalue weighted by Gasteiger charge is 2.19. The monoisotopic (exact) mass is 418 g/mol. The zero-order valence-electron chi connectivity index (χ0n) is 14.6. The van der Waals surface area contributed by atoms with Crippen LogP contribution in [0.2, 0.25) is 10.0 Å². The van der Waals surface area contributed by atoms with E-state index in [4.69, 9.17) is 33.3 Å². The maximum absolute atomic E-state index is 12.6. The number of rotatable bonds is 5. The second kappa shape index (κ2) is 8.13. The number of halogens is 2. The molecule has 1 aromatic heterocycles. The molecule has 7 heteroatoms. The summed E-state index contributed by atoms with van der Waals surface area (Å²) in [5.41, 5.74) is 2.80. The number of anilines is 1. The van der Waals surface area contributed by atoms with Crippen molar-refractivity contribution in [2.75, 3.05) is 12.4 Å². The first-order valence-electron chi connectivity index (χ1n) is 7.99. The van der Waals surface area contributed by atoms with Gasteiger partial charge in [0.2, 0.25) is 0 Å². The van der Waals surface area contributed by atoms with E-state index in [1.165, 1.54) is 11.3 Å². The van der Waals surface area contributed by atoms with Gasteiger partial charge in [-0.15, -0.1) is 11.3 Å². The number of carbonyl (C=O) groups excluding carboxylic acids is 1. The average Bonchev–Trinajstić information content (AvgIpc) is 3.09. The number of aryl methyl sites for hydroxylation is 1. The van der Waals surface area contributed by atoms with E-state index in [2.05, 4.69) is 5.32 Å². The van der Waals surface area contributed by atoms with Gasteiger partial charge in [-0.25, -0.2) is 0 Å². The Morgan fingerprint density at radius 3 is 2.52 bits per heavy atom. The Morgan fingerprint density at radius 1 is 1.15 bits per heavy atom. The Balaban J connectivity index is 1.90. The van der Waals surface area contributed by atoms with Crippen molar-refractivity contribution in [3.8, 4) is 5.75 Å². The van der Waals surface area contributed by atoms with Gasteiger partial charge >= 0.3 is 0 Å². The van der Waals surface area contributed by atoms with E-state index in [1.54, 1.807) is 31.4 Å². The SMILES string of the molecule is COc1cc(C(=N)c2ccsc2NC(=O)c2c(Cl)cccc2Cl)ccc1C. The normalized spacial score (nSPS) is 10.5. The lowest BCUT2D eigenvalue weighted by Crippen LogP contribution is -2.14. The van der Waals surface area contributed by atoms with Crippen LogP contribution < -0.4 is 10.1 Å². The number of benzene rings is 2. The summed E-state index contributed by atoms with van der Waals surface area (Å²) in [6.45, 7) is 1.94. The van der Waals surface area contributed by atoms with Gasteiger partial charge in [0.25, 0.3) is 5.91 Å². The standard InChI is InChI=1S/C20H16Cl2N2O2S/c1-11-6-7-12(10-16(11)26-2)18(23)13-8-9-27-20(13)24-19(25)17-14(21)4-3-5-15(17)22/h3-10,23H,1-2H3,(H,24,25). The molecule has 138 valence electrons. The van der Waals surface area contributed by atoms with Crippen LogP contribution in [0.15, 0.2) is 47.8 Å². The second-order valence-corrected chi connectivity index (χ2v) is 7.50. The van der Waals surface area contributed by atoms with Crippen molar-refractivity contribution in [3.63, 3.8) is 0 Å². The molecule has 0 spiro atoms. The quantitative estimate of drug-likeness (QED) is 0.496. The fourth-order valence-electron chi connectivity index (χ4n) is 2.61. The lowest BCUT2D eigenvalue weighted by molar-refractivity contribution is 0.102. The fourth-order valence-corrected chi connectivity index (χ4v) is 3.97. The summed E-state index contributed by atoms with van der Waals surface area (Å²) >= 11 is 13.6. The number of thiophene rings is 1. The smallest absolute Gasteiger partial charge is 0.259 e. The summed E-state index contributed by atoms with van der Waals surface area (Å²) in [5, 5.41) is 14.3. The summed E-state index contributed by atoms with van der Waals surface area (Å²) in [4.78, 5) is 12.6. The van der Waals surface area contributed by atoms with E-state index >= 15 is 0 Å². The van der Waals surface area contributed by atoms with Crippen molar-refractivity contribution >= 4 is 51.2 Å². The molecule has 0 fully saturated rings. The molecule has 0 aliphatic heterocycles. The highest BCUT2D eigenvalue weighted by molar-refractivity contribution is 7.14. The van der Waals surface area contributed by atoms with Crippen LogP contribution in [0.1, 0.15) is 27.0 Å². The van der Waals surface area contributed by atoms with Crippen molar-refractivity contribution in [3.05, 3.63) is 80.1 Å². The highest BCUT2D eigenvalue weighted by Crippen LogP contribution is 2.30. The van der Waals surface area contributed by atoms with Crippen molar-refractivity contribution in [1.29, 1.82) is 5.41 Å². The zero-order chi connectivity index (χ0) is 19.6. The van der Waals surface area contributed by atoms with Crippen molar-refractivity contribution < 1.29 is 9.53 Å². The third-order valence-electron chi connectivity index (χ3n) is 4.05. The average molecular weight is 419 g/mol. The maximum atomic E-state index is 12.6. The lowest BCUT2D eigenvalue weighted by Gasteiger charge is -2.11. The Labute approximate surface area is 171 Å². The molecule has 3 aromatic rings. The molecule has 2 aromatic carbocycles. The maximum Gasteiger partial charge on any atom is 0.259 e. The minimum atomic E-state index is -0.413. The lowest BCUT2D eigenvalue weighted by atomic mass is 10.0. The molecular formula is C20H16Cl2N2O2S. The van der Waals surface area contributed by atoms with Crippen LogP contribution in [0.25, 0.3) is 0 Å². The fraction of sp³-hybridized carbons (Fsp3) is 0.100. The molecule has 0 unspecified atom stereocenters. The molecule has 3 rings (SSSR count). The highest BCUT2D eigenvalue weighted by atomic mass is 35.5. The van der Waals surface area contributed by atoms with Gasteiger partial charge < -0.3 is 10.1 Å². The van der Waals surface area contributed by atoms with Crippen LogP contribution in [0.3, 0.4) is 0 Å². The van der Waals surface area contributed by atoms with Gasteiger partial charge in [0.1, 0.15) is 10.8 Å². The first-order chi connectivity index (χ1) is 12.9. The van der Waals surface area contributed by atoms with Gasteiger partial charge in [0.05, 0.1) is 28.4 Å². The molecule has 0 radical (unpaired) electrons. The molecule has 0 aliphatic carbocycles. The molecule has 0 aliphatic rings. The second-order valence-electron chi connectivity index (χ2n) is 5.77. The summed E-state index contributed by atoms with van der Waals surface area (Å²) in [7, 11) is 1.60. The zero-order valence-corrected chi connectivity index (χ0v) is 16.9.